The number of anilines is 2. The van der Waals surface area contributed by atoms with Crippen LogP contribution in [0.15, 0.2) is 65.2 Å². The molecule has 0 radical (unpaired) electrons. The van der Waals surface area contributed by atoms with Gasteiger partial charge >= 0.3 is 6.01 Å². The van der Waals surface area contributed by atoms with Gasteiger partial charge in [0.2, 0.25) is 5.89 Å². The van der Waals surface area contributed by atoms with Gasteiger partial charge in [-0.05, 0) is 79.6 Å². The number of hydrogen-bond donors (Lipinski definition) is 1. The molecule has 37 heavy (non-hydrogen) atoms. The molecule has 1 aliphatic carbocycles. The van der Waals surface area contributed by atoms with Crippen LogP contribution in [0.1, 0.15) is 48.7 Å². The number of ether oxygens (including phenoxy) is 1. The Morgan fingerprint density at radius 1 is 1.08 bits per heavy atom. The maximum absolute atomic E-state index is 5.93. The third-order valence-corrected chi connectivity index (χ3v) is 7.18. The zero-order chi connectivity index (χ0) is 25.2. The molecule has 1 unspecified atom stereocenters. The molecule has 1 fully saturated rings. The molecule has 1 saturated heterocycles. The average Bonchev–Trinajstić information content (AvgIpc) is 3.59. The highest BCUT2D eigenvalue weighted by Crippen LogP contribution is 2.35. The van der Waals surface area contributed by atoms with Crippen molar-refractivity contribution in [2.75, 3.05) is 23.9 Å². The zero-order valence-corrected chi connectivity index (χ0v) is 21.1. The number of fused-ring (bicyclic) bond motifs is 1. The first kappa shape index (κ1) is 23.2. The van der Waals surface area contributed by atoms with E-state index in [1.165, 1.54) is 24.8 Å². The first-order chi connectivity index (χ1) is 18.2. The third-order valence-electron chi connectivity index (χ3n) is 7.18. The molecule has 0 bridgehead atoms. The third kappa shape index (κ3) is 4.79. The number of rotatable bonds is 7. The van der Waals surface area contributed by atoms with Crippen molar-refractivity contribution in [2.24, 2.45) is 0 Å². The number of methoxy groups -OCH3 is 1. The van der Waals surface area contributed by atoms with E-state index in [0.29, 0.717) is 24.5 Å². The summed E-state index contributed by atoms with van der Waals surface area (Å²) in [5.41, 5.74) is 5.39. The standard InChI is InChI=1S/C29H30N6O2/c1-19-5-3-4-16-35(19)26-14-15-30-27(32-26)24-13-10-21-8-9-22(17-25(21)24)28-33-34-29(37-28)31-18-20-6-11-23(36-2)12-7-20/h6-9,11-15,17,19H,3-5,10,16,18H2,1-2H3,(H,31,34). The van der Waals surface area contributed by atoms with E-state index in [0.717, 1.165) is 52.6 Å². The van der Waals surface area contributed by atoms with Crippen molar-refractivity contribution in [1.82, 2.24) is 20.2 Å². The van der Waals surface area contributed by atoms with Crippen molar-refractivity contribution in [3.8, 4) is 17.2 Å². The molecule has 2 aliphatic rings. The number of piperidine rings is 1. The Balaban J connectivity index is 1.20. The average molecular weight is 495 g/mol. The van der Waals surface area contributed by atoms with Crippen molar-refractivity contribution in [3.05, 3.63) is 83.3 Å². The predicted octanol–water partition coefficient (Wildman–Crippen LogP) is 5.51. The lowest BCUT2D eigenvalue weighted by Crippen LogP contribution is -2.38. The lowest BCUT2D eigenvalue weighted by atomic mass is 10.0. The van der Waals surface area contributed by atoms with Crippen molar-refractivity contribution >= 4 is 17.4 Å². The zero-order valence-electron chi connectivity index (χ0n) is 21.1. The van der Waals surface area contributed by atoms with Gasteiger partial charge in [0.1, 0.15) is 11.6 Å². The monoisotopic (exact) mass is 494 g/mol. The first-order valence-electron chi connectivity index (χ1n) is 12.8. The molecule has 1 atom stereocenters. The highest BCUT2D eigenvalue weighted by molar-refractivity contribution is 5.84. The van der Waals surface area contributed by atoms with Crippen molar-refractivity contribution in [1.29, 1.82) is 0 Å². The van der Waals surface area contributed by atoms with Gasteiger partial charge in [-0.1, -0.05) is 29.4 Å². The van der Waals surface area contributed by atoms with E-state index in [1.807, 2.05) is 42.6 Å². The molecule has 1 N–H and O–H groups in total. The van der Waals surface area contributed by atoms with Crippen LogP contribution in [0.25, 0.3) is 17.0 Å². The molecule has 1 aliphatic heterocycles. The molecule has 0 spiro atoms. The summed E-state index contributed by atoms with van der Waals surface area (Å²) in [7, 11) is 1.66. The second-order valence-corrected chi connectivity index (χ2v) is 9.58. The maximum atomic E-state index is 5.93. The van der Waals surface area contributed by atoms with Crippen LogP contribution < -0.4 is 15.0 Å². The van der Waals surface area contributed by atoms with Crippen LogP contribution in [0.2, 0.25) is 0 Å². The Labute approximate surface area is 216 Å². The quantitative estimate of drug-likeness (QED) is 0.360. The number of hydrogen-bond acceptors (Lipinski definition) is 8. The fraction of sp³-hybridized carbons (Fsp3) is 0.310. The fourth-order valence-corrected chi connectivity index (χ4v) is 5.08. The minimum Gasteiger partial charge on any atom is -0.497 e. The van der Waals surface area contributed by atoms with E-state index in [1.54, 1.807) is 7.11 Å². The molecule has 6 rings (SSSR count). The molecule has 4 aromatic rings. The Morgan fingerprint density at radius 3 is 2.81 bits per heavy atom. The summed E-state index contributed by atoms with van der Waals surface area (Å²) < 4.78 is 11.1. The minimum absolute atomic E-state index is 0.383. The van der Waals surface area contributed by atoms with Crippen LogP contribution in [0.5, 0.6) is 5.75 Å². The van der Waals surface area contributed by atoms with Crippen molar-refractivity contribution < 1.29 is 9.15 Å². The summed E-state index contributed by atoms with van der Waals surface area (Å²) in [6.45, 7) is 3.90. The molecule has 188 valence electrons. The predicted molar refractivity (Wildman–Crippen MR) is 144 cm³/mol. The van der Waals surface area contributed by atoms with Crippen molar-refractivity contribution in [3.63, 3.8) is 0 Å². The normalized spacial score (nSPS) is 16.9. The van der Waals surface area contributed by atoms with Gasteiger partial charge in [-0.25, -0.2) is 9.97 Å². The number of benzene rings is 2. The van der Waals surface area contributed by atoms with Crippen LogP contribution in [0, 0.1) is 0 Å². The van der Waals surface area contributed by atoms with Gasteiger partial charge in [-0.3, -0.25) is 0 Å². The van der Waals surface area contributed by atoms with Gasteiger partial charge in [0.05, 0.1) is 7.11 Å². The fourth-order valence-electron chi connectivity index (χ4n) is 5.08. The van der Waals surface area contributed by atoms with E-state index in [-0.39, 0.29) is 0 Å². The molecular weight excluding hydrogens is 464 g/mol. The summed E-state index contributed by atoms with van der Waals surface area (Å²) >= 11 is 0. The molecule has 8 nitrogen and oxygen atoms in total. The number of nitrogens with zero attached hydrogens (tertiary/aromatic N) is 5. The highest BCUT2D eigenvalue weighted by atomic mass is 16.5. The maximum Gasteiger partial charge on any atom is 0.316 e. The summed E-state index contributed by atoms with van der Waals surface area (Å²) in [6, 6.07) is 17.0. The van der Waals surface area contributed by atoms with E-state index in [9.17, 15) is 0 Å². The van der Waals surface area contributed by atoms with Gasteiger partial charge in [0.15, 0.2) is 5.82 Å². The summed E-state index contributed by atoms with van der Waals surface area (Å²) in [6.07, 6.45) is 8.64. The Bertz CT molecular complexity index is 1430. The van der Waals surface area contributed by atoms with E-state index in [4.69, 9.17) is 14.1 Å². The SMILES string of the molecule is COc1ccc(CNc2nnc(-c3ccc4c(c3)C(c3nccc(N5CCCCC5C)n3)=CC4)o2)cc1. The second-order valence-electron chi connectivity index (χ2n) is 9.58. The first-order valence-corrected chi connectivity index (χ1v) is 12.8. The highest BCUT2D eigenvalue weighted by Gasteiger charge is 2.23. The molecule has 8 heteroatoms. The Morgan fingerprint density at radius 2 is 1.97 bits per heavy atom. The summed E-state index contributed by atoms with van der Waals surface area (Å²) in [5.74, 6) is 3.07. The largest absolute Gasteiger partial charge is 0.497 e. The molecule has 2 aromatic carbocycles. The van der Waals surface area contributed by atoms with Gasteiger partial charge < -0.3 is 19.4 Å². The van der Waals surface area contributed by atoms with Crippen LogP contribution in [-0.4, -0.2) is 39.9 Å². The smallest absolute Gasteiger partial charge is 0.316 e. The van der Waals surface area contributed by atoms with Crippen LogP contribution in [-0.2, 0) is 13.0 Å². The minimum atomic E-state index is 0.383. The van der Waals surface area contributed by atoms with Gasteiger partial charge in [0, 0.05) is 36.5 Å². The van der Waals surface area contributed by atoms with Gasteiger partial charge in [-0.2, -0.15) is 0 Å². The molecule has 2 aromatic heterocycles. The van der Waals surface area contributed by atoms with E-state index in [2.05, 4.69) is 50.5 Å². The van der Waals surface area contributed by atoms with Gasteiger partial charge in [0.25, 0.3) is 0 Å². The molecule has 0 saturated carbocycles. The number of allylic oxidation sites excluding steroid dienone is 1. The van der Waals surface area contributed by atoms with E-state index >= 15 is 0 Å². The lowest BCUT2D eigenvalue weighted by Gasteiger charge is -2.34. The van der Waals surface area contributed by atoms with Crippen LogP contribution in [0.3, 0.4) is 0 Å². The van der Waals surface area contributed by atoms with E-state index < -0.39 is 0 Å². The van der Waals surface area contributed by atoms with Crippen LogP contribution >= 0.6 is 0 Å². The Kier molecular flexibility index (Phi) is 6.30. The number of aromatic nitrogens is 4. The van der Waals surface area contributed by atoms with Gasteiger partial charge in [-0.15, -0.1) is 5.10 Å². The molecule has 3 heterocycles. The lowest BCUT2D eigenvalue weighted by molar-refractivity contribution is 0.414. The Hall–Kier alpha value is -4.20. The topological polar surface area (TPSA) is 89.2 Å². The number of nitrogens with one attached hydrogen (secondary N) is 1. The molecular formula is C29H30N6O2. The van der Waals surface area contributed by atoms with Crippen LogP contribution in [0.4, 0.5) is 11.8 Å². The molecule has 0 amide bonds. The summed E-state index contributed by atoms with van der Waals surface area (Å²) in [5, 5.41) is 11.7. The van der Waals surface area contributed by atoms with Crippen molar-refractivity contribution in [2.45, 2.75) is 45.2 Å². The second kappa shape index (κ2) is 10.0. The summed E-state index contributed by atoms with van der Waals surface area (Å²) in [4.78, 5) is 12.0.